The van der Waals surface area contributed by atoms with E-state index in [1.165, 1.54) is 17.0 Å². The summed E-state index contributed by atoms with van der Waals surface area (Å²) in [5.74, 6) is -0.756. The predicted molar refractivity (Wildman–Crippen MR) is 156 cm³/mol. The second kappa shape index (κ2) is 12.5. The number of rotatable bonds is 10. The number of hydrogen-bond donors (Lipinski definition) is 1. The molecule has 3 aromatic rings. The van der Waals surface area contributed by atoms with Gasteiger partial charge in [0.2, 0.25) is 11.8 Å². The fourth-order valence-electron chi connectivity index (χ4n) is 4.39. The molecule has 0 spiro atoms. The molecule has 0 unspecified atom stereocenters. The third-order valence-electron chi connectivity index (χ3n) is 6.25. The average Bonchev–Trinajstić information content (AvgIpc) is 2.86. The molecular formula is C31H39N3O4S. The SMILES string of the molecule is Cc1cc(C)cc(N(CC(=O)N(CCc2ccccc2)[C@@H](C)C(=O)NC(C)(C)C)S(=O)(=O)c2ccccc2)c1. The van der Waals surface area contributed by atoms with Crippen LogP contribution < -0.4 is 9.62 Å². The van der Waals surface area contributed by atoms with Crippen molar-refractivity contribution in [3.63, 3.8) is 0 Å². The molecule has 0 aromatic heterocycles. The number of benzene rings is 3. The smallest absolute Gasteiger partial charge is 0.264 e. The summed E-state index contributed by atoms with van der Waals surface area (Å²) in [6, 6.07) is 22.4. The van der Waals surface area contributed by atoms with Gasteiger partial charge in [0.25, 0.3) is 10.0 Å². The number of sulfonamides is 1. The van der Waals surface area contributed by atoms with Gasteiger partial charge in [0.05, 0.1) is 10.6 Å². The number of anilines is 1. The average molecular weight is 550 g/mol. The first-order valence-corrected chi connectivity index (χ1v) is 14.5. The van der Waals surface area contributed by atoms with E-state index in [-0.39, 0.29) is 17.3 Å². The maximum atomic E-state index is 13.9. The Morgan fingerprint density at radius 2 is 1.41 bits per heavy atom. The molecule has 0 fully saturated rings. The van der Waals surface area contributed by atoms with Crippen LogP contribution >= 0.6 is 0 Å². The summed E-state index contributed by atoms with van der Waals surface area (Å²) in [7, 11) is -4.07. The lowest BCUT2D eigenvalue weighted by atomic mass is 10.1. The van der Waals surface area contributed by atoms with E-state index in [2.05, 4.69) is 5.32 Å². The van der Waals surface area contributed by atoms with Gasteiger partial charge in [-0.3, -0.25) is 13.9 Å². The van der Waals surface area contributed by atoms with Crippen molar-refractivity contribution in [1.29, 1.82) is 0 Å². The fourth-order valence-corrected chi connectivity index (χ4v) is 5.81. The first kappa shape index (κ1) is 29.9. The molecular weight excluding hydrogens is 510 g/mol. The Balaban J connectivity index is 2.00. The van der Waals surface area contributed by atoms with Crippen molar-refractivity contribution in [3.8, 4) is 0 Å². The Labute approximate surface area is 232 Å². The molecule has 2 amide bonds. The normalized spacial score (nSPS) is 12.5. The Bertz CT molecular complexity index is 1360. The summed E-state index contributed by atoms with van der Waals surface area (Å²) in [6.45, 7) is 10.9. The first-order valence-electron chi connectivity index (χ1n) is 13.1. The molecule has 3 aromatic carbocycles. The molecule has 208 valence electrons. The number of nitrogens with zero attached hydrogens (tertiary/aromatic N) is 2. The van der Waals surface area contributed by atoms with Crippen molar-refractivity contribution in [3.05, 3.63) is 95.6 Å². The van der Waals surface area contributed by atoms with Crippen molar-refractivity contribution in [2.45, 2.75) is 64.4 Å². The number of carbonyl (C=O) groups is 2. The van der Waals surface area contributed by atoms with Gasteiger partial charge in [-0.1, -0.05) is 54.6 Å². The van der Waals surface area contributed by atoms with Crippen molar-refractivity contribution >= 4 is 27.5 Å². The van der Waals surface area contributed by atoms with E-state index in [0.29, 0.717) is 12.1 Å². The third kappa shape index (κ3) is 8.17. The zero-order valence-electron chi connectivity index (χ0n) is 23.6. The van der Waals surface area contributed by atoms with Crippen molar-refractivity contribution in [2.24, 2.45) is 0 Å². The summed E-state index contributed by atoms with van der Waals surface area (Å²) in [5.41, 5.74) is 2.69. The van der Waals surface area contributed by atoms with Crippen LogP contribution in [0.2, 0.25) is 0 Å². The van der Waals surface area contributed by atoms with E-state index in [1.54, 1.807) is 37.3 Å². The second-order valence-corrected chi connectivity index (χ2v) is 12.8. The molecule has 0 aliphatic heterocycles. The van der Waals surface area contributed by atoms with E-state index in [4.69, 9.17) is 0 Å². The largest absolute Gasteiger partial charge is 0.350 e. The maximum Gasteiger partial charge on any atom is 0.264 e. The minimum atomic E-state index is -4.07. The van der Waals surface area contributed by atoms with Crippen LogP contribution in [0, 0.1) is 13.8 Å². The standard InChI is InChI=1S/C31H39N3O4S/c1-23-19-24(2)21-27(20-23)34(39(37,38)28-15-11-8-12-16-28)22-29(35)33(18-17-26-13-9-7-10-14-26)25(3)30(36)32-31(4,5)6/h7-16,19-21,25H,17-18,22H2,1-6H3,(H,32,36)/t25-/m0/s1. The maximum absolute atomic E-state index is 13.9. The minimum absolute atomic E-state index is 0.0892. The highest BCUT2D eigenvalue weighted by atomic mass is 32.2. The second-order valence-electron chi connectivity index (χ2n) is 10.9. The molecule has 39 heavy (non-hydrogen) atoms. The van der Waals surface area contributed by atoms with Gasteiger partial charge >= 0.3 is 0 Å². The van der Waals surface area contributed by atoms with Gasteiger partial charge in [0, 0.05) is 12.1 Å². The topological polar surface area (TPSA) is 86.8 Å². The lowest BCUT2D eigenvalue weighted by Crippen LogP contribution is -2.55. The lowest BCUT2D eigenvalue weighted by molar-refractivity contribution is -0.139. The number of carbonyl (C=O) groups excluding carboxylic acids is 2. The van der Waals surface area contributed by atoms with Crippen molar-refractivity contribution in [1.82, 2.24) is 10.2 Å². The third-order valence-corrected chi connectivity index (χ3v) is 8.04. The van der Waals surface area contributed by atoms with Crippen LogP contribution in [0.25, 0.3) is 0 Å². The van der Waals surface area contributed by atoms with Gasteiger partial charge in [-0.2, -0.15) is 0 Å². The summed E-state index contributed by atoms with van der Waals surface area (Å²) < 4.78 is 28.9. The molecule has 0 saturated carbocycles. The van der Waals surface area contributed by atoms with Crippen LogP contribution in [0.5, 0.6) is 0 Å². The van der Waals surface area contributed by atoms with Crippen LogP contribution in [0.1, 0.15) is 44.4 Å². The van der Waals surface area contributed by atoms with Crippen LogP contribution in [0.15, 0.2) is 83.8 Å². The van der Waals surface area contributed by atoms with Gasteiger partial charge in [-0.15, -0.1) is 0 Å². The lowest BCUT2D eigenvalue weighted by Gasteiger charge is -2.33. The van der Waals surface area contributed by atoms with E-state index >= 15 is 0 Å². The van der Waals surface area contributed by atoms with Crippen molar-refractivity contribution in [2.75, 3.05) is 17.4 Å². The zero-order valence-corrected chi connectivity index (χ0v) is 24.5. The summed E-state index contributed by atoms with van der Waals surface area (Å²) in [5, 5.41) is 2.94. The van der Waals surface area contributed by atoms with Gasteiger partial charge < -0.3 is 10.2 Å². The minimum Gasteiger partial charge on any atom is -0.350 e. The number of amides is 2. The van der Waals surface area contributed by atoms with Gasteiger partial charge in [0.1, 0.15) is 12.6 Å². The molecule has 3 rings (SSSR count). The first-order chi connectivity index (χ1) is 18.3. The number of nitrogens with one attached hydrogen (secondary N) is 1. The molecule has 1 N–H and O–H groups in total. The monoisotopic (exact) mass is 549 g/mol. The predicted octanol–water partition coefficient (Wildman–Crippen LogP) is 4.87. The van der Waals surface area contributed by atoms with E-state index in [1.807, 2.05) is 71.0 Å². The zero-order chi connectivity index (χ0) is 28.8. The summed E-state index contributed by atoms with van der Waals surface area (Å²) in [6.07, 6.45) is 0.523. The van der Waals surface area contributed by atoms with E-state index in [0.717, 1.165) is 21.0 Å². The highest BCUT2D eigenvalue weighted by Gasteiger charge is 2.33. The number of aryl methyl sites for hydroxylation is 2. The molecule has 7 nitrogen and oxygen atoms in total. The van der Waals surface area contributed by atoms with Gasteiger partial charge in [0.15, 0.2) is 0 Å². The highest BCUT2D eigenvalue weighted by Crippen LogP contribution is 2.26. The molecule has 8 heteroatoms. The molecule has 1 atom stereocenters. The molecule has 0 radical (unpaired) electrons. The Morgan fingerprint density at radius 3 is 1.95 bits per heavy atom. The molecule has 0 aliphatic carbocycles. The van der Waals surface area contributed by atoms with E-state index < -0.39 is 34.1 Å². The quantitative estimate of drug-likeness (QED) is 0.391. The highest BCUT2D eigenvalue weighted by molar-refractivity contribution is 7.92. The van der Waals surface area contributed by atoms with Crippen LogP contribution in [-0.4, -0.2) is 49.8 Å². The van der Waals surface area contributed by atoms with E-state index in [9.17, 15) is 18.0 Å². The van der Waals surface area contributed by atoms with Gasteiger partial charge in [-0.05, 0) is 88.9 Å². The van der Waals surface area contributed by atoms with Crippen LogP contribution in [0.4, 0.5) is 5.69 Å². The summed E-state index contributed by atoms with van der Waals surface area (Å²) in [4.78, 5) is 28.7. The molecule has 0 bridgehead atoms. The Morgan fingerprint density at radius 1 is 0.872 bits per heavy atom. The van der Waals surface area contributed by atoms with Gasteiger partial charge in [-0.25, -0.2) is 8.42 Å². The fraction of sp³-hybridized carbons (Fsp3) is 0.355. The Hall–Kier alpha value is -3.65. The van der Waals surface area contributed by atoms with Crippen molar-refractivity contribution < 1.29 is 18.0 Å². The molecule has 0 heterocycles. The summed E-state index contributed by atoms with van der Waals surface area (Å²) >= 11 is 0. The van der Waals surface area contributed by atoms with Crippen LogP contribution in [0.3, 0.4) is 0 Å². The Kier molecular flexibility index (Phi) is 9.56. The number of hydrogen-bond acceptors (Lipinski definition) is 4. The molecule has 0 saturated heterocycles. The molecule has 0 aliphatic rings. The van der Waals surface area contributed by atoms with Crippen LogP contribution in [-0.2, 0) is 26.0 Å².